The lowest BCUT2D eigenvalue weighted by atomic mass is 10.1. The van der Waals surface area contributed by atoms with Crippen LogP contribution in [0.15, 0.2) is 66.1 Å². The van der Waals surface area contributed by atoms with Gasteiger partial charge in [0.15, 0.2) is 11.0 Å². The van der Waals surface area contributed by atoms with E-state index < -0.39 is 0 Å². The highest BCUT2D eigenvalue weighted by Gasteiger charge is 2.26. The number of para-hydroxylation sites is 2. The number of imidazole rings is 1. The number of aromatic nitrogens is 2. The Kier molecular flexibility index (Phi) is 3.00. The molecule has 0 saturated heterocycles. The third-order valence-electron chi connectivity index (χ3n) is 4.07. The molecule has 0 aliphatic heterocycles. The second-order valence-corrected chi connectivity index (χ2v) is 6.34. The van der Waals surface area contributed by atoms with Gasteiger partial charge in [-0.05, 0) is 23.6 Å². The zero-order valence-electron chi connectivity index (χ0n) is 11.9. The Labute approximate surface area is 128 Å². The van der Waals surface area contributed by atoms with Gasteiger partial charge in [-0.1, -0.05) is 42.5 Å². The van der Waals surface area contributed by atoms with Crippen molar-refractivity contribution in [2.75, 3.05) is 0 Å². The average molecular weight is 293 g/mol. The van der Waals surface area contributed by atoms with Crippen LogP contribution in [0.25, 0.3) is 21.7 Å². The van der Waals surface area contributed by atoms with Gasteiger partial charge in [-0.3, -0.25) is 0 Å². The van der Waals surface area contributed by atoms with Crippen molar-refractivity contribution in [3.8, 4) is 10.7 Å². The summed E-state index contributed by atoms with van der Waals surface area (Å²) >= 11 is 1.80. The topological polar surface area (TPSA) is 8.81 Å². The molecule has 0 radical (unpaired) electrons. The standard InChI is InChI=1S/C18H17N2S/c1-19-15-9-4-5-10-16(15)20(13-14-7-2-3-8-14)18(19)17-11-6-12-21-17/h2-12,14H,13H2,1H3/q+1. The average Bonchev–Trinajstić information content (AvgIpc) is 3.23. The van der Waals surface area contributed by atoms with Crippen LogP contribution < -0.4 is 4.57 Å². The summed E-state index contributed by atoms with van der Waals surface area (Å²) in [6.07, 6.45) is 8.82. The third kappa shape index (κ3) is 2.05. The van der Waals surface area contributed by atoms with Crippen molar-refractivity contribution in [2.45, 2.75) is 6.54 Å². The van der Waals surface area contributed by atoms with E-state index in [0.717, 1.165) is 6.54 Å². The van der Waals surface area contributed by atoms with Gasteiger partial charge in [0.1, 0.15) is 11.4 Å². The summed E-state index contributed by atoms with van der Waals surface area (Å²) in [4.78, 5) is 1.32. The molecule has 0 N–H and O–H groups in total. The number of hydrogen-bond acceptors (Lipinski definition) is 1. The van der Waals surface area contributed by atoms with Crippen LogP contribution in [0.1, 0.15) is 0 Å². The first kappa shape index (κ1) is 12.6. The molecule has 2 heterocycles. The summed E-state index contributed by atoms with van der Waals surface area (Å²) in [6, 6.07) is 13.0. The first-order chi connectivity index (χ1) is 10.3. The molecule has 0 amide bonds. The van der Waals surface area contributed by atoms with E-state index in [4.69, 9.17) is 0 Å². The molecule has 2 nitrogen and oxygen atoms in total. The molecule has 2 aromatic heterocycles. The number of allylic oxidation sites excluding steroid dienone is 4. The normalized spacial score (nSPS) is 14.5. The maximum atomic E-state index is 2.45. The Morgan fingerprint density at radius 3 is 2.67 bits per heavy atom. The van der Waals surface area contributed by atoms with Gasteiger partial charge >= 0.3 is 0 Å². The zero-order valence-corrected chi connectivity index (χ0v) is 12.8. The maximum Gasteiger partial charge on any atom is 0.299 e. The summed E-state index contributed by atoms with van der Waals surface area (Å²) in [5.74, 6) is 1.78. The van der Waals surface area contributed by atoms with Crippen LogP contribution in [0, 0.1) is 5.92 Å². The molecule has 3 aromatic rings. The minimum Gasteiger partial charge on any atom is -0.225 e. The van der Waals surface area contributed by atoms with Crippen LogP contribution in [0.3, 0.4) is 0 Å². The predicted octanol–water partition coefficient (Wildman–Crippen LogP) is 3.94. The van der Waals surface area contributed by atoms with Crippen molar-refractivity contribution in [1.29, 1.82) is 0 Å². The Morgan fingerprint density at radius 2 is 1.90 bits per heavy atom. The van der Waals surface area contributed by atoms with Crippen LogP contribution in [0.4, 0.5) is 0 Å². The van der Waals surface area contributed by atoms with Crippen molar-refractivity contribution >= 4 is 22.4 Å². The van der Waals surface area contributed by atoms with Crippen molar-refractivity contribution < 1.29 is 4.57 Å². The SMILES string of the molecule is C[n+]1c(-c2cccs2)n(CC2C=CC=C2)c2ccccc21. The number of hydrogen-bond donors (Lipinski definition) is 0. The van der Waals surface area contributed by atoms with Crippen molar-refractivity contribution in [1.82, 2.24) is 4.57 Å². The van der Waals surface area contributed by atoms with Crippen molar-refractivity contribution in [3.05, 3.63) is 66.1 Å². The number of aryl methyl sites for hydroxylation is 1. The van der Waals surface area contributed by atoms with E-state index in [0.29, 0.717) is 5.92 Å². The highest BCUT2D eigenvalue weighted by atomic mass is 32.1. The number of thiophene rings is 1. The lowest BCUT2D eigenvalue weighted by molar-refractivity contribution is -0.634. The molecule has 0 atom stereocenters. The van der Waals surface area contributed by atoms with Gasteiger partial charge in [0, 0.05) is 5.92 Å². The van der Waals surface area contributed by atoms with Gasteiger partial charge in [0.2, 0.25) is 0 Å². The summed E-state index contributed by atoms with van der Waals surface area (Å²) in [6.45, 7) is 0.988. The van der Waals surface area contributed by atoms with E-state index in [1.54, 1.807) is 11.3 Å². The minimum absolute atomic E-state index is 0.486. The molecule has 0 bridgehead atoms. The largest absolute Gasteiger partial charge is 0.299 e. The summed E-state index contributed by atoms with van der Waals surface area (Å²) in [5.41, 5.74) is 2.59. The van der Waals surface area contributed by atoms with Crippen LogP contribution in [-0.4, -0.2) is 4.57 Å². The predicted molar refractivity (Wildman–Crippen MR) is 88.2 cm³/mol. The fourth-order valence-electron chi connectivity index (χ4n) is 3.08. The van der Waals surface area contributed by atoms with E-state index >= 15 is 0 Å². The fourth-order valence-corrected chi connectivity index (χ4v) is 3.90. The van der Waals surface area contributed by atoms with E-state index in [-0.39, 0.29) is 0 Å². The van der Waals surface area contributed by atoms with Crippen LogP contribution in [0.5, 0.6) is 0 Å². The Hall–Kier alpha value is -2.13. The van der Waals surface area contributed by atoms with Crippen LogP contribution >= 0.6 is 11.3 Å². The summed E-state index contributed by atoms with van der Waals surface area (Å²) < 4.78 is 4.76. The summed E-state index contributed by atoms with van der Waals surface area (Å²) in [7, 11) is 2.16. The van der Waals surface area contributed by atoms with Gasteiger partial charge in [0.05, 0.1) is 7.05 Å². The molecule has 1 aromatic carbocycles. The monoisotopic (exact) mass is 293 g/mol. The number of benzene rings is 1. The molecule has 3 heteroatoms. The number of rotatable bonds is 3. The van der Waals surface area contributed by atoms with E-state index in [1.807, 2.05) is 0 Å². The first-order valence-electron chi connectivity index (χ1n) is 7.21. The second-order valence-electron chi connectivity index (χ2n) is 5.39. The van der Waals surface area contributed by atoms with Crippen LogP contribution in [0.2, 0.25) is 0 Å². The van der Waals surface area contributed by atoms with E-state index in [9.17, 15) is 0 Å². The fraction of sp³-hybridized carbons (Fsp3) is 0.167. The van der Waals surface area contributed by atoms with Gasteiger partial charge in [-0.15, -0.1) is 11.3 Å². The quantitative estimate of drug-likeness (QED) is 0.647. The minimum atomic E-state index is 0.486. The molecule has 104 valence electrons. The highest BCUT2D eigenvalue weighted by molar-refractivity contribution is 7.13. The first-order valence-corrected chi connectivity index (χ1v) is 8.08. The molecular formula is C18H17N2S+. The van der Waals surface area contributed by atoms with Crippen molar-refractivity contribution in [2.24, 2.45) is 13.0 Å². The Balaban J connectivity index is 1.95. The molecule has 1 aliphatic carbocycles. The maximum absolute atomic E-state index is 2.45. The van der Waals surface area contributed by atoms with Crippen LogP contribution in [-0.2, 0) is 13.6 Å². The van der Waals surface area contributed by atoms with E-state index in [1.165, 1.54) is 21.7 Å². The highest BCUT2D eigenvalue weighted by Crippen LogP contribution is 2.28. The summed E-state index contributed by atoms with van der Waals surface area (Å²) in [5, 5.41) is 2.15. The molecule has 0 unspecified atom stereocenters. The number of nitrogens with zero attached hydrogens (tertiary/aromatic N) is 2. The zero-order chi connectivity index (χ0) is 14.2. The molecule has 21 heavy (non-hydrogen) atoms. The molecule has 0 spiro atoms. The number of fused-ring (bicyclic) bond motifs is 1. The van der Waals surface area contributed by atoms with E-state index in [2.05, 4.69) is 82.3 Å². The third-order valence-corrected chi connectivity index (χ3v) is 4.94. The molecule has 4 rings (SSSR count). The molecular weight excluding hydrogens is 276 g/mol. The Morgan fingerprint density at radius 1 is 1.10 bits per heavy atom. The van der Waals surface area contributed by atoms with Gasteiger partial charge < -0.3 is 0 Å². The smallest absolute Gasteiger partial charge is 0.225 e. The molecule has 1 aliphatic rings. The lowest BCUT2D eigenvalue weighted by Crippen LogP contribution is -2.30. The van der Waals surface area contributed by atoms with Gasteiger partial charge in [0.25, 0.3) is 5.82 Å². The van der Waals surface area contributed by atoms with Gasteiger partial charge in [-0.25, -0.2) is 9.13 Å². The van der Waals surface area contributed by atoms with Crippen molar-refractivity contribution in [3.63, 3.8) is 0 Å². The second kappa shape index (κ2) is 5.01. The van der Waals surface area contributed by atoms with Gasteiger partial charge in [-0.2, -0.15) is 0 Å². The lowest BCUT2D eigenvalue weighted by Gasteiger charge is -2.05. The molecule has 0 fully saturated rings. The molecule has 0 saturated carbocycles. The Bertz CT molecular complexity index is 826.